The van der Waals surface area contributed by atoms with Crippen molar-refractivity contribution < 1.29 is 0 Å². The Morgan fingerprint density at radius 3 is 1.75 bits per heavy atom. The molecule has 0 heteroatoms. The fourth-order valence-corrected chi connectivity index (χ4v) is 3.41. The molecule has 20 heavy (non-hydrogen) atoms. The van der Waals surface area contributed by atoms with Crippen molar-refractivity contribution in [3.63, 3.8) is 0 Å². The molecule has 0 nitrogen and oxygen atoms in total. The minimum atomic E-state index is 0.876. The molecule has 2 atom stereocenters. The summed E-state index contributed by atoms with van der Waals surface area (Å²) in [4.78, 5) is 0. The van der Waals surface area contributed by atoms with Gasteiger partial charge in [-0.25, -0.2) is 0 Å². The van der Waals surface area contributed by atoms with Gasteiger partial charge in [-0.2, -0.15) is 0 Å². The molecule has 0 N–H and O–H groups in total. The van der Waals surface area contributed by atoms with Crippen LogP contribution in [0, 0.1) is 17.8 Å². The van der Waals surface area contributed by atoms with Gasteiger partial charge in [-0.1, -0.05) is 105 Å². The van der Waals surface area contributed by atoms with E-state index in [1.165, 1.54) is 77.0 Å². The number of unbranched alkanes of at least 4 members (excludes halogenated alkanes) is 6. The van der Waals surface area contributed by atoms with Crippen LogP contribution in [0.1, 0.15) is 112 Å². The third-order valence-corrected chi connectivity index (χ3v) is 5.03. The van der Waals surface area contributed by atoms with Crippen molar-refractivity contribution in [1.29, 1.82) is 0 Å². The molecule has 0 aliphatic carbocycles. The van der Waals surface area contributed by atoms with Gasteiger partial charge >= 0.3 is 0 Å². The minimum absolute atomic E-state index is 0.876. The Bertz CT molecular complexity index is 182. The Labute approximate surface area is 130 Å². The van der Waals surface area contributed by atoms with Crippen LogP contribution < -0.4 is 0 Å². The summed E-state index contributed by atoms with van der Waals surface area (Å²) in [7, 11) is 0. The Kier molecular flexibility index (Phi) is 14.0. The van der Waals surface area contributed by atoms with Gasteiger partial charge in [-0.3, -0.25) is 0 Å². The fraction of sp³-hybridized carbons (Fsp3) is 1.00. The average molecular weight is 283 g/mol. The monoisotopic (exact) mass is 282 g/mol. The van der Waals surface area contributed by atoms with Gasteiger partial charge in [0.1, 0.15) is 0 Å². The summed E-state index contributed by atoms with van der Waals surface area (Å²) >= 11 is 0. The lowest BCUT2D eigenvalue weighted by atomic mass is 9.80. The maximum Gasteiger partial charge on any atom is -0.0388 e. The van der Waals surface area contributed by atoms with Crippen molar-refractivity contribution in [3.8, 4) is 0 Å². The van der Waals surface area contributed by atoms with Crippen LogP contribution in [-0.2, 0) is 0 Å². The van der Waals surface area contributed by atoms with Crippen LogP contribution in [-0.4, -0.2) is 0 Å². The molecule has 0 spiro atoms. The first-order valence-electron chi connectivity index (χ1n) is 9.65. The second-order valence-corrected chi connectivity index (χ2v) is 7.21. The summed E-state index contributed by atoms with van der Waals surface area (Å²) in [5, 5.41) is 0. The van der Waals surface area contributed by atoms with Crippen molar-refractivity contribution >= 4 is 0 Å². The van der Waals surface area contributed by atoms with Gasteiger partial charge in [0.2, 0.25) is 0 Å². The topological polar surface area (TPSA) is 0 Å². The maximum absolute atomic E-state index is 2.44. The highest BCUT2D eigenvalue weighted by Gasteiger charge is 2.17. The van der Waals surface area contributed by atoms with Crippen LogP contribution in [0.3, 0.4) is 0 Å². The third-order valence-electron chi connectivity index (χ3n) is 5.03. The summed E-state index contributed by atoms with van der Waals surface area (Å²) in [6.07, 6.45) is 17.3. The van der Waals surface area contributed by atoms with Crippen LogP contribution in [0.5, 0.6) is 0 Å². The standard InChI is InChI=1S/C20H42/c1-6-9-10-11-12-13-14-16-20(18(4)5)17-19(8-3)15-7-2/h18-20H,6-17H2,1-5H3. The molecule has 0 aliphatic heterocycles. The van der Waals surface area contributed by atoms with Crippen LogP contribution in [0.4, 0.5) is 0 Å². The van der Waals surface area contributed by atoms with Gasteiger partial charge in [0, 0.05) is 0 Å². The first-order valence-corrected chi connectivity index (χ1v) is 9.65. The highest BCUT2D eigenvalue weighted by atomic mass is 14.2. The Morgan fingerprint density at radius 1 is 0.650 bits per heavy atom. The van der Waals surface area contributed by atoms with E-state index in [4.69, 9.17) is 0 Å². The molecule has 2 unspecified atom stereocenters. The van der Waals surface area contributed by atoms with E-state index in [-0.39, 0.29) is 0 Å². The van der Waals surface area contributed by atoms with Crippen molar-refractivity contribution in [2.75, 3.05) is 0 Å². The van der Waals surface area contributed by atoms with Crippen molar-refractivity contribution in [2.24, 2.45) is 17.8 Å². The summed E-state index contributed by atoms with van der Waals surface area (Å²) < 4.78 is 0. The largest absolute Gasteiger partial charge is 0.0654 e. The van der Waals surface area contributed by atoms with Crippen LogP contribution in [0.2, 0.25) is 0 Å². The van der Waals surface area contributed by atoms with E-state index in [1.807, 2.05) is 0 Å². The number of rotatable bonds is 14. The van der Waals surface area contributed by atoms with Gasteiger partial charge in [-0.05, 0) is 24.2 Å². The molecule has 0 saturated heterocycles. The molecule has 0 amide bonds. The zero-order valence-electron chi connectivity index (χ0n) is 15.2. The predicted octanol–water partition coefficient (Wildman–Crippen LogP) is 7.62. The smallest absolute Gasteiger partial charge is 0.0388 e. The SMILES string of the molecule is CCCCCCCCCC(CC(CC)CCC)C(C)C. The van der Waals surface area contributed by atoms with E-state index in [0.29, 0.717) is 0 Å². The Hall–Kier alpha value is 0. The first kappa shape index (κ1) is 20.0. The Morgan fingerprint density at radius 2 is 1.25 bits per heavy atom. The maximum atomic E-state index is 2.44. The molecule has 0 aliphatic rings. The van der Waals surface area contributed by atoms with Gasteiger partial charge in [0.15, 0.2) is 0 Å². The lowest BCUT2D eigenvalue weighted by Gasteiger charge is -2.25. The predicted molar refractivity (Wildman–Crippen MR) is 94.2 cm³/mol. The van der Waals surface area contributed by atoms with Crippen molar-refractivity contribution in [1.82, 2.24) is 0 Å². The quantitative estimate of drug-likeness (QED) is 0.287. The second-order valence-electron chi connectivity index (χ2n) is 7.21. The fourth-order valence-electron chi connectivity index (χ4n) is 3.41. The van der Waals surface area contributed by atoms with Crippen LogP contribution in [0.15, 0.2) is 0 Å². The van der Waals surface area contributed by atoms with E-state index >= 15 is 0 Å². The van der Waals surface area contributed by atoms with E-state index in [9.17, 15) is 0 Å². The molecule has 0 saturated carbocycles. The zero-order chi connectivity index (χ0) is 15.2. The molecule has 0 heterocycles. The number of hydrogen-bond donors (Lipinski definition) is 0. The van der Waals surface area contributed by atoms with Crippen molar-refractivity contribution in [2.45, 2.75) is 112 Å². The zero-order valence-corrected chi connectivity index (χ0v) is 15.2. The summed E-state index contributed by atoms with van der Waals surface area (Å²) in [5.74, 6) is 2.83. The van der Waals surface area contributed by atoms with E-state index in [1.54, 1.807) is 0 Å². The van der Waals surface area contributed by atoms with Gasteiger partial charge in [0.25, 0.3) is 0 Å². The molecule has 122 valence electrons. The molecular weight excluding hydrogens is 240 g/mol. The molecule has 0 bridgehead atoms. The lowest BCUT2D eigenvalue weighted by Crippen LogP contribution is -2.14. The lowest BCUT2D eigenvalue weighted by molar-refractivity contribution is 0.259. The third kappa shape index (κ3) is 10.7. The molecule has 0 aromatic rings. The van der Waals surface area contributed by atoms with Crippen LogP contribution in [0.25, 0.3) is 0 Å². The van der Waals surface area contributed by atoms with Gasteiger partial charge in [0.05, 0.1) is 0 Å². The van der Waals surface area contributed by atoms with E-state index in [0.717, 1.165) is 17.8 Å². The summed E-state index contributed by atoms with van der Waals surface area (Å²) in [6.45, 7) is 11.9. The molecule has 0 fully saturated rings. The summed E-state index contributed by atoms with van der Waals surface area (Å²) in [5.41, 5.74) is 0. The highest BCUT2D eigenvalue weighted by Crippen LogP contribution is 2.29. The van der Waals surface area contributed by atoms with E-state index in [2.05, 4.69) is 34.6 Å². The second kappa shape index (κ2) is 14.0. The molecule has 0 radical (unpaired) electrons. The molecule has 0 aromatic carbocycles. The number of hydrogen-bond acceptors (Lipinski definition) is 0. The minimum Gasteiger partial charge on any atom is -0.0654 e. The van der Waals surface area contributed by atoms with Crippen LogP contribution >= 0.6 is 0 Å². The average Bonchev–Trinajstić information content (AvgIpc) is 2.43. The van der Waals surface area contributed by atoms with Gasteiger partial charge in [-0.15, -0.1) is 0 Å². The summed E-state index contributed by atoms with van der Waals surface area (Å²) in [6, 6.07) is 0. The normalized spacial score (nSPS) is 14.7. The highest BCUT2D eigenvalue weighted by molar-refractivity contribution is 4.69. The first-order chi connectivity index (χ1) is 9.65. The molecule has 0 rings (SSSR count). The van der Waals surface area contributed by atoms with Gasteiger partial charge < -0.3 is 0 Å². The van der Waals surface area contributed by atoms with Crippen molar-refractivity contribution in [3.05, 3.63) is 0 Å². The Balaban J connectivity index is 3.79. The van der Waals surface area contributed by atoms with E-state index < -0.39 is 0 Å². The molecule has 0 aromatic heterocycles. The molecular formula is C20H42.